The van der Waals surface area contributed by atoms with E-state index in [2.05, 4.69) is 9.71 Å². The molecule has 0 saturated heterocycles. The number of amidine groups is 1. The van der Waals surface area contributed by atoms with Crippen LogP contribution < -0.4 is 4.72 Å². The van der Waals surface area contributed by atoms with Crippen molar-refractivity contribution in [1.82, 2.24) is 4.72 Å². The molecular weight excluding hydrogens is 236 g/mol. The topological polar surface area (TPSA) is 58.5 Å². The minimum absolute atomic E-state index is 0.269. The van der Waals surface area contributed by atoms with Crippen LogP contribution in [0.4, 0.5) is 0 Å². The monoisotopic (exact) mass is 252 g/mol. The van der Waals surface area contributed by atoms with Gasteiger partial charge in [0.2, 0.25) is 0 Å². The van der Waals surface area contributed by atoms with Crippen molar-refractivity contribution in [3.05, 3.63) is 29.8 Å². The number of benzene rings is 1. The highest BCUT2D eigenvalue weighted by Gasteiger charge is 2.31. The number of nitrogens with zero attached hydrogens (tertiary/aromatic N) is 1. The Labute approximate surface area is 102 Å². The Morgan fingerprint density at radius 3 is 2.59 bits per heavy atom. The van der Waals surface area contributed by atoms with Crippen molar-refractivity contribution < 1.29 is 8.42 Å². The lowest BCUT2D eigenvalue weighted by molar-refractivity contribution is 0.504. The van der Waals surface area contributed by atoms with E-state index < -0.39 is 10.0 Å². The molecular formula is C12H16N2O2S. The molecule has 1 heterocycles. The second-order valence-electron chi connectivity index (χ2n) is 4.73. The van der Waals surface area contributed by atoms with E-state index in [9.17, 15) is 8.42 Å². The molecule has 1 N–H and O–H groups in total. The van der Waals surface area contributed by atoms with Gasteiger partial charge in [0, 0.05) is 5.56 Å². The van der Waals surface area contributed by atoms with Gasteiger partial charge in [0.05, 0.1) is 10.4 Å². The summed E-state index contributed by atoms with van der Waals surface area (Å²) in [6.07, 6.45) is 0.848. The Kier molecular flexibility index (Phi) is 2.73. The summed E-state index contributed by atoms with van der Waals surface area (Å²) in [4.78, 5) is 4.80. The number of rotatable bonds is 2. The maximum Gasteiger partial charge on any atom is 0.263 e. The molecule has 0 fully saturated rings. The maximum atomic E-state index is 11.8. The molecule has 0 aliphatic carbocycles. The molecule has 92 valence electrons. The van der Waals surface area contributed by atoms with Gasteiger partial charge in [0.15, 0.2) is 0 Å². The zero-order chi connectivity index (χ0) is 12.7. The molecule has 17 heavy (non-hydrogen) atoms. The van der Waals surface area contributed by atoms with Crippen LogP contribution in [0.3, 0.4) is 0 Å². The third kappa shape index (κ3) is 2.20. The first-order valence-corrected chi connectivity index (χ1v) is 7.06. The van der Waals surface area contributed by atoms with Gasteiger partial charge in [0.1, 0.15) is 5.84 Å². The van der Waals surface area contributed by atoms with Crippen LogP contribution in [-0.2, 0) is 10.0 Å². The van der Waals surface area contributed by atoms with Crippen LogP contribution in [-0.4, -0.2) is 19.8 Å². The molecule has 0 aromatic heterocycles. The molecule has 5 heteroatoms. The van der Waals surface area contributed by atoms with E-state index in [0.29, 0.717) is 16.3 Å². The van der Waals surface area contributed by atoms with Crippen molar-refractivity contribution in [2.75, 3.05) is 0 Å². The van der Waals surface area contributed by atoms with Gasteiger partial charge in [-0.15, -0.1) is 0 Å². The highest BCUT2D eigenvalue weighted by Crippen LogP contribution is 2.24. The number of sulfonamides is 1. The molecule has 0 spiro atoms. The minimum Gasteiger partial charge on any atom is -0.263 e. The quantitative estimate of drug-likeness (QED) is 0.874. The summed E-state index contributed by atoms with van der Waals surface area (Å²) in [6.45, 7) is 5.99. The summed E-state index contributed by atoms with van der Waals surface area (Å²) >= 11 is 0. The molecule has 0 saturated carbocycles. The molecule has 4 nitrogen and oxygen atoms in total. The fourth-order valence-electron chi connectivity index (χ4n) is 1.60. The molecule has 0 amide bonds. The Hall–Kier alpha value is -1.36. The van der Waals surface area contributed by atoms with E-state index in [0.717, 1.165) is 6.42 Å². The first-order chi connectivity index (χ1) is 7.86. The van der Waals surface area contributed by atoms with E-state index in [1.807, 2.05) is 26.8 Å². The minimum atomic E-state index is -3.42. The number of aliphatic imine (C=N–C) groups is 1. The van der Waals surface area contributed by atoms with Gasteiger partial charge in [-0.2, -0.15) is 0 Å². The third-order valence-corrected chi connectivity index (χ3v) is 4.34. The molecule has 1 aliphatic rings. The van der Waals surface area contributed by atoms with Gasteiger partial charge in [-0.1, -0.05) is 19.1 Å². The number of fused-ring (bicyclic) bond motifs is 1. The number of hydrogen-bond acceptors (Lipinski definition) is 3. The number of nitrogens with one attached hydrogen (secondary N) is 1. The Morgan fingerprint density at radius 1 is 1.29 bits per heavy atom. The number of hydrogen-bond donors (Lipinski definition) is 1. The van der Waals surface area contributed by atoms with Crippen LogP contribution in [0, 0.1) is 0 Å². The maximum absolute atomic E-state index is 11.8. The lowest BCUT2D eigenvalue weighted by Crippen LogP contribution is -2.27. The van der Waals surface area contributed by atoms with E-state index in [1.54, 1.807) is 18.2 Å². The normalized spacial score (nSPS) is 20.1. The second kappa shape index (κ2) is 3.84. The molecule has 1 aromatic rings. The van der Waals surface area contributed by atoms with E-state index in [4.69, 9.17) is 0 Å². The van der Waals surface area contributed by atoms with Crippen LogP contribution in [0.2, 0.25) is 0 Å². The fourth-order valence-corrected chi connectivity index (χ4v) is 2.83. The standard InChI is InChI=1S/C12H16N2O2S/c1-4-12(2,3)13-11-9-7-5-6-8-10(9)17(15,16)14-11/h5-8H,4H2,1-3H3,(H,13,14). The van der Waals surface area contributed by atoms with Crippen LogP contribution >= 0.6 is 0 Å². The van der Waals surface area contributed by atoms with Crippen LogP contribution in [0.15, 0.2) is 34.2 Å². The molecule has 0 unspecified atom stereocenters. The lowest BCUT2D eigenvalue weighted by Gasteiger charge is -2.17. The summed E-state index contributed by atoms with van der Waals surface area (Å²) < 4.78 is 26.2. The van der Waals surface area contributed by atoms with Gasteiger partial charge < -0.3 is 0 Å². The molecule has 1 aliphatic heterocycles. The summed E-state index contributed by atoms with van der Waals surface area (Å²) in [6, 6.07) is 6.90. The molecule has 0 radical (unpaired) electrons. The zero-order valence-corrected chi connectivity index (χ0v) is 11.0. The first kappa shape index (κ1) is 12.1. The van der Waals surface area contributed by atoms with Crippen molar-refractivity contribution in [3.8, 4) is 0 Å². The molecule has 0 bridgehead atoms. The van der Waals surface area contributed by atoms with Crippen LogP contribution in [0.25, 0.3) is 0 Å². The Bertz CT molecular complexity index is 574. The van der Waals surface area contributed by atoms with Crippen molar-refractivity contribution in [3.63, 3.8) is 0 Å². The van der Waals surface area contributed by atoms with Crippen LogP contribution in [0.1, 0.15) is 32.8 Å². The zero-order valence-electron chi connectivity index (χ0n) is 10.2. The smallest absolute Gasteiger partial charge is 0.263 e. The van der Waals surface area contributed by atoms with E-state index in [-0.39, 0.29) is 5.54 Å². The fraction of sp³-hybridized carbons (Fsp3) is 0.417. The van der Waals surface area contributed by atoms with Crippen molar-refractivity contribution in [2.45, 2.75) is 37.6 Å². The second-order valence-corrected chi connectivity index (χ2v) is 6.38. The average Bonchev–Trinajstić information content (AvgIpc) is 2.51. The molecule has 1 aromatic carbocycles. The summed E-state index contributed by atoms with van der Waals surface area (Å²) in [5.74, 6) is 0.451. The molecule has 2 rings (SSSR count). The Balaban J connectivity index is 2.57. The third-order valence-electron chi connectivity index (χ3n) is 2.94. The van der Waals surface area contributed by atoms with Crippen molar-refractivity contribution in [1.29, 1.82) is 0 Å². The van der Waals surface area contributed by atoms with Crippen molar-refractivity contribution in [2.24, 2.45) is 4.99 Å². The highest BCUT2D eigenvalue weighted by molar-refractivity contribution is 7.90. The SMILES string of the molecule is CCC(C)(C)N=C1NS(=O)(=O)c2ccccc21. The Morgan fingerprint density at radius 2 is 1.94 bits per heavy atom. The highest BCUT2D eigenvalue weighted by atomic mass is 32.2. The lowest BCUT2D eigenvalue weighted by atomic mass is 10.0. The van der Waals surface area contributed by atoms with Gasteiger partial charge in [-0.05, 0) is 32.4 Å². The summed E-state index contributed by atoms with van der Waals surface area (Å²) in [5.41, 5.74) is 0.393. The summed E-state index contributed by atoms with van der Waals surface area (Å²) in [7, 11) is -3.42. The van der Waals surface area contributed by atoms with Gasteiger partial charge in [0.25, 0.3) is 10.0 Å². The first-order valence-electron chi connectivity index (χ1n) is 5.58. The van der Waals surface area contributed by atoms with Gasteiger partial charge >= 0.3 is 0 Å². The van der Waals surface area contributed by atoms with E-state index >= 15 is 0 Å². The summed E-state index contributed by atoms with van der Waals surface area (Å²) in [5, 5.41) is 0. The van der Waals surface area contributed by atoms with E-state index in [1.165, 1.54) is 0 Å². The van der Waals surface area contributed by atoms with Crippen LogP contribution in [0.5, 0.6) is 0 Å². The average molecular weight is 252 g/mol. The van der Waals surface area contributed by atoms with Gasteiger partial charge in [-0.3, -0.25) is 9.71 Å². The van der Waals surface area contributed by atoms with Crippen molar-refractivity contribution >= 4 is 15.9 Å². The predicted molar refractivity (Wildman–Crippen MR) is 67.7 cm³/mol. The molecule has 0 atom stereocenters. The predicted octanol–water partition coefficient (Wildman–Crippen LogP) is 1.91. The van der Waals surface area contributed by atoms with Gasteiger partial charge in [-0.25, -0.2) is 8.42 Å². The largest absolute Gasteiger partial charge is 0.263 e.